The number of benzene rings is 2. The van der Waals surface area contributed by atoms with E-state index in [1.165, 1.54) is 16.0 Å². The van der Waals surface area contributed by atoms with Gasteiger partial charge in [-0.1, -0.05) is 35.9 Å². The van der Waals surface area contributed by atoms with Crippen molar-refractivity contribution >= 4 is 23.4 Å². The number of thioether (sulfide) groups is 1. The normalized spacial score (nSPS) is 12.4. The molecular formula is C16H18ClNS. The maximum atomic E-state index is 5.91. The SMILES string of the molecule is CNC(Cc1ccc(Cl)cc1)c1ccc(SC)cc1. The average Bonchev–Trinajstić information content (AvgIpc) is 2.47. The van der Waals surface area contributed by atoms with Crippen LogP contribution in [0.25, 0.3) is 0 Å². The Balaban J connectivity index is 2.12. The van der Waals surface area contributed by atoms with Crippen LogP contribution in [0.2, 0.25) is 5.02 Å². The minimum Gasteiger partial charge on any atom is -0.313 e. The molecule has 0 heterocycles. The van der Waals surface area contributed by atoms with E-state index in [-0.39, 0.29) is 0 Å². The van der Waals surface area contributed by atoms with E-state index < -0.39 is 0 Å². The second-order valence-corrected chi connectivity index (χ2v) is 5.76. The summed E-state index contributed by atoms with van der Waals surface area (Å²) in [5.74, 6) is 0. The van der Waals surface area contributed by atoms with Gasteiger partial charge in [0.1, 0.15) is 0 Å². The Morgan fingerprint density at radius 3 is 2.21 bits per heavy atom. The van der Waals surface area contributed by atoms with Gasteiger partial charge in [-0.05, 0) is 55.1 Å². The minimum atomic E-state index is 0.331. The third-order valence-electron chi connectivity index (χ3n) is 3.22. The predicted molar refractivity (Wildman–Crippen MR) is 85.2 cm³/mol. The van der Waals surface area contributed by atoms with Crippen molar-refractivity contribution in [1.29, 1.82) is 0 Å². The summed E-state index contributed by atoms with van der Waals surface area (Å²) in [4.78, 5) is 1.30. The van der Waals surface area contributed by atoms with Crippen LogP contribution in [0.15, 0.2) is 53.4 Å². The zero-order valence-corrected chi connectivity index (χ0v) is 12.8. The quantitative estimate of drug-likeness (QED) is 0.810. The van der Waals surface area contributed by atoms with Gasteiger partial charge >= 0.3 is 0 Å². The highest BCUT2D eigenvalue weighted by atomic mass is 35.5. The first-order valence-electron chi connectivity index (χ1n) is 6.28. The van der Waals surface area contributed by atoms with Crippen LogP contribution in [-0.4, -0.2) is 13.3 Å². The second-order valence-electron chi connectivity index (χ2n) is 4.45. The molecule has 0 saturated heterocycles. The van der Waals surface area contributed by atoms with Crippen molar-refractivity contribution in [2.45, 2.75) is 17.4 Å². The molecule has 19 heavy (non-hydrogen) atoms. The lowest BCUT2D eigenvalue weighted by molar-refractivity contribution is 0.592. The lowest BCUT2D eigenvalue weighted by atomic mass is 9.99. The predicted octanol–water partition coefficient (Wildman–Crippen LogP) is 4.57. The fourth-order valence-electron chi connectivity index (χ4n) is 2.08. The molecule has 0 spiro atoms. The van der Waals surface area contributed by atoms with Crippen LogP contribution in [0, 0.1) is 0 Å². The number of likely N-dealkylation sites (N-methyl/N-ethyl adjacent to an activating group) is 1. The molecule has 1 atom stereocenters. The van der Waals surface area contributed by atoms with Gasteiger partial charge in [0.15, 0.2) is 0 Å². The monoisotopic (exact) mass is 291 g/mol. The highest BCUT2D eigenvalue weighted by Gasteiger charge is 2.10. The standard InChI is InChI=1S/C16H18ClNS/c1-18-16(11-12-3-7-14(17)8-4-12)13-5-9-15(19-2)10-6-13/h3-10,16,18H,11H2,1-2H3. The molecule has 3 heteroatoms. The second kappa shape index (κ2) is 6.99. The Morgan fingerprint density at radius 1 is 1.05 bits per heavy atom. The van der Waals surface area contributed by atoms with Gasteiger partial charge < -0.3 is 5.32 Å². The Labute approximate surface area is 124 Å². The van der Waals surface area contributed by atoms with E-state index in [4.69, 9.17) is 11.6 Å². The molecule has 2 aromatic rings. The summed E-state index contributed by atoms with van der Waals surface area (Å²) in [5.41, 5.74) is 2.60. The number of hydrogen-bond donors (Lipinski definition) is 1. The zero-order chi connectivity index (χ0) is 13.7. The summed E-state index contributed by atoms with van der Waals surface area (Å²) in [6.45, 7) is 0. The molecule has 1 nitrogen and oxygen atoms in total. The van der Waals surface area contributed by atoms with Gasteiger partial charge in [0.25, 0.3) is 0 Å². The van der Waals surface area contributed by atoms with Crippen LogP contribution < -0.4 is 5.32 Å². The summed E-state index contributed by atoms with van der Waals surface area (Å²) in [7, 11) is 2.00. The highest BCUT2D eigenvalue weighted by molar-refractivity contribution is 7.98. The van der Waals surface area contributed by atoms with Crippen molar-refractivity contribution in [2.75, 3.05) is 13.3 Å². The molecule has 0 aliphatic rings. The molecule has 0 radical (unpaired) electrons. The largest absolute Gasteiger partial charge is 0.313 e. The number of hydrogen-bond acceptors (Lipinski definition) is 2. The molecular weight excluding hydrogens is 274 g/mol. The molecule has 0 bridgehead atoms. The van der Waals surface area contributed by atoms with E-state index in [0.29, 0.717) is 6.04 Å². The Hall–Kier alpha value is -0.960. The van der Waals surface area contributed by atoms with E-state index in [0.717, 1.165) is 11.4 Å². The first kappa shape index (κ1) is 14.4. The summed E-state index contributed by atoms with van der Waals surface area (Å²) >= 11 is 7.68. The first-order chi connectivity index (χ1) is 9.22. The van der Waals surface area contributed by atoms with E-state index in [9.17, 15) is 0 Å². The van der Waals surface area contributed by atoms with Crippen LogP contribution >= 0.6 is 23.4 Å². The van der Waals surface area contributed by atoms with Crippen molar-refractivity contribution in [2.24, 2.45) is 0 Å². The molecule has 0 aromatic heterocycles. The third kappa shape index (κ3) is 4.00. The number of rotatable bonds is 5. The molecule has 0 amide bonds. The molecule has 0 aliphatic carbocycles. The number of halogens is 1. The summed E-state index contributed by atoms with van der Waals surface area (Å²) in [6, 6.07) is 17.1. The van der Waals surface area contributed by atoms with Crippen LogP contribution in [0.1, 0.15) is 17.2 Å². The fraction of sp³-hybridized carbons (Fsp3) is 0.250. The Bertz CT molecular complexity index is 507. The van der Waals surface area contributed by atoms with Gasteiger partial charge in [0.2, 0.25) is 0 Å². The Kier molecular flexibility index (Phi) is 5.32. The van der Waals surface area contributed by atoms with Gasteiger partial charge in [-0.2, -0.15) is 0 Å². The van der Waals surface area contributed by atoms with Crippen molar-refractivity contribution in [1.82, 2.24) is 5.32 Å². The Morgan fingerprint density at radius 2 is 1.68 bits per heavy atom. The van der Waals surface area contributed by atoms with E-state index in [2.05, 4.69) is 48.0 Å². The van der Waals surface area contributed by atoms with Crippen LogP contribution in [-0.2, 0) is 6.42 Å². The van der Waals surface area contributed by atoms with Crippen LogP contribution in [0.3, 0.4) is 0 Å². The minimum absolute atomic E-state index is 0.331. The highest BCUT2D eigenvalue weighted by Crippen LogP contribution is 2.22. The smallest absolute Gasteiger partial charge is 0.0406 e. The van der Waals surface area contributed by atoms with Gasteiger partial charge in [-0.3, -0.25) is 0 Å². The number of nitrogens with one attached hydrogen (secondary N) is 1. The summed E-state index contributed by atoms with van der Waals surface area (Å²) < 4.78 is 0. The summed E-state index contributed by atoms with van der Waals surface area (Å²) in [6.07, 6.45) is 3.06. The summed E-state index contributed by atoms with van der Waals surface area (Å²) in [5, 5.41) is 4.17. The van der Waals surface area contributed by atoms with Crippen molar-refractivity contribution in [3.05, 3.63) is 64.7 Å². The maximum absolute atomic E-state index is 5.91. The van der Waals surface area contributed by atoms with Crippen LogP contribution in [0.4, 0.5) is 0 Å². The lowest BCUT2D eigenvalue weighted by Crippen LogP contribution is -2.18. The molecule has 0 fully saturated rings. The van der Waals surface area contributed by atoms with Gasteiger partial charge in [-0.25, -0.2) is 0 Å². The maximum Gasteiger partial charge on any atom is 0.0406 e. The van der Waals surface area contributed by atoms with Crippen LogP contribution in [0.5, 0.6) is 0 Å². The van der Waals surface area contributed by atoms with Gasteiger partial charge in [0.05, 0.1) is 0 Å². The molecule has 1 N–H and O–H groups in total. The molecule has 0 aliphatic heterocycles. The van der Waals surface area contributed by atoms with Gasteiger partial charge in [0, 0.05) is 16.0 Å². The first-order valence-corrected chi connectivity index (χ1v) is 7.89. The van der Waals surface area contributed by atoms with E-state index in [1.54, 1.807) is 11.8 Å². The third-order valence-corrected chi connectivity index (χ3v) is 4.22. The topological polar surface area (TPSA) is 12.0 Å². The fourth-order valence-corrected chi connectivity index (χ4v) is 2.61. The molecule has 1 unspecified atom stereocenters. The molecule has 2 rings (SSSR count). The zero-order valence-electron chi connectivity index (χ0n) is 11.2. The average molecular weight is 292 g/mol. The molecule has 2 aromatic carbocycles. The van der Waals surface area contributed by atoms with E-state index >= 15 is 0 Å². The van der Waals surface area contributed by atoms with Gasteiger partial charge in [-0.15, -0.1) is 11.8 Å². The molecule has 100 valence electrons. The lowest BCUT2D eigenvalue weighted by Gasteiger charge is -2.17. The van der Waals surface area contributed by atoms with Crippen molar-refractivity contribution < 1.29 is 0 Å². The van der Waals surface area contributed by atoms with Crippen molar-refractivity contribution in [3.8, 4) is 0 Å². The van der Waals surface area contributed by atoms with E-state index in [1.807, 2.05) is 19.2 Å². The van der Waals surface area contributed by atoms with Crippen molar-refractivity contribution in [3.63, 3.8) is 0 Å². The molecule has 0 saturated carbocycles.